The zero-order valence-corrected chi connectivity index (χ0v) is 12.1. The van der Waals surface area contributed by atoms with Crippen molar-refractivity contribution >= 4 is 11.6 Å². The van der Waals surface area contributed by atoms with Gasteiger partial charge in [-0.3, -0.25) is 0 Å². The lowest BCUT2D eigenvalue weighted by molar-refractivity contribution is 0.134. The van der Waals surface area contributed by atoms with Gasteiger partial charge in [0, 0.05) is 31.7 Å². The van der Waals surface area contributed by atoms with Crippen LogP contribution in [0.3, 0.4) is 0 Å². The molecule has 6 heteroatoms. The lowest BCUT2D eigenvalue weighted by Gasteiger charge is -2.13. The number of aryl methyl sites for hydroxylation is 1. The van der Waals surface area contributed by atoms with E-state index in [1.54, 1.807) is 0 Å². The topological polar surface area (TPSA) is 85.1 Å². The van der Waals surface area contributed by atoms with Crippen molar-refractivity contribution in [3.05, 3.63) is 11.4 Å². The predicted octanol–water partition coefficient (Wildman–Crippen LogP) is 1.86. The Hall–Kier alpha value is -1.40. The van der Waals surface area contributed by atoms with Gasteiger partial charge in [-0.15, -0.1) is 0 Å². The monoisotopic (exact) mass is 267 g/mol. The zero-order chi connectivity index (χ0) is 14.1. The van der Waals surface area contributed by atoms with Crippen LogP contribution in [0.4, 0.5) is 11.6 Å². The van der Waals surface area contributed by atoms with Crippen LogP contribution in [0.25, 0.3) is 0 Å². The fourth-order valence-electron chi connectivity index (χ4n) is 1.66. The van der Waals surface area contributed by atoms with E-state index in [4.69, 9.17) is 10.6 Å². The molecule has 0 aliphatic rings. The molecule has 0 amide bonds. The number of anilines is 2. The van der Waals surface area contributed by atoms with Crippen LogP contribution in [0, 0.1) is 6.92 Å². The Bertz CT molecular complexity index is 384. The van der Waals surface area contributed by atoms with Crippen LogP contribution in [0.2, 0.25) is 0 Å². The first-order chi connectivity index (χ1) is 9.22. The van der Waals surface area contributed by atoms with Crippen LogP contribution in [0.15, 0.2) is 0 Å². The number of hydrazine groups is 1. The van der Waals surface area contributed by atoms with Crippen molar-refractivity contribution in [2.24, 2.45) is 5.84 Å². The van der Waals surface area contributed by atoms with E-state index in [0.29, 0.717) is 5.82 Å². The predicted molar refractivity (Wildman–Crippen MR) is 78.2 cm³/mol. The van der Waals surface area contributed by atoms with Gasteiger partial charge in [-0.2, -0.15) is 0 Å². The number of aromatic nitrogens is 2. The molecule has 4 N–H and O–H groups in total. The molecule has 0 saturated heterocycles. The number of hydrogen-bond donors (Lipinski definition) is 3. The summed E-state index contributed by atoms with van der Waals surface area (Å²) in [5, 5.41) is 3.31. The van der Waals surface area contributed by atoms with Gasteiger partial charge < -0.3 is 15.5 Å². The quantitative estimate of drug-likeness (QED) is 0.360. The molecule has 0 saturated carbocycles. The highest BCUT2D eigenvalue weighted by molar-refractivity contribution is 5.56. The molecule has 108 valence electrons. The van der Waals surface area contributed by atoms with Crippen LogP contribution in [-0.2, 0) is 11.2 Å². The van der Waals surface area contributed by atoms with Crippen LogP contribution in [0.5, 0.6) is 0 Å². The minimum atomic E-state index is 0.677. The lowest BCUT2D eigenvalue weighted by atomic mass is 10.3. The highest BCUT2D eigenvalue weighted by atomic mass is 16.5. The van der Waals surface area contributed by atoms with Crippen molar-refractivity contribution in [1.29, 1.82) is 0 Å². The van der Waals surface area contributed by atoms with Crippen LogP contribution in [-0.4, -0.2) is 29.7 Å². The average Bonchev–Trinajstić information content (AvgIpc) is 2.44. The van der Waals surface area contributed by atoms with E-state index in [-0.39, 0.29) is 0 Å². The Morgan fingerprint density at radius 3 is 2.53 bits per heavy atom. The summed E-state index contributed by atoms with van der Waals surface area (Å²) >= 11 is 0. The highest BCUT2D eigenvalue weighted by Gasteiger charge is 2.08. The van der Waals surface area contributed by atoms with Crippen LogP contribution < -0.4 is 16.6 Å². The summed E-state index contributed by atoms with van der Waals surface area (Å²) < 4.78 is 5.44. The summed E-state index contributed by atoms with van der Waals surface area (Å²) in [5.41, 5.74) is 3.55. The molecule has 1 aromatic heterocycles. The summed E-state index contributed by atoms with van der Waals surface area (Å²) in [4.78, 5) is 8.80. The molecule has 0 unspecified atom stereocenters. The SMILES string of the molecule is CCCOCCCNc1nc(CC)nc(NN)c1C. The first-order valence-electron chi connectivity index (χ1n) is 6.88. The molecule has 0 radical (unpaired) electrons. The van der Waals surface area contributed by atoms with Crippen molar-refractivity contribution in [3.8, 4) is 0 Å². The van der Waals surface area contributed by atoms with E-state index >= 15 is 0 Å². The van der Waals surface area contributed by atoms with Gasteiger partial charge >= 0.3 is 0 Å². The molecule has 1 rings (SSSR count). The van der Waals surface area contributed by atoms with Gasteiger partial charge in [-0.05, 0) is 19.8 Å². The first-order valence-corrected chi connectivity index (χ1v) is 6.88. The number of hydrogen-bond acceptors (Lipinski definition) is 6. The van der Waals surface area contributed by atoms with Gasteiger partial charge in [0.1, 0.15) is 17.5 Å². The van der Waals surface area contributed by atoms with Gasteiger partial charge in [0.15, 0.2) is 0 Å². The third-order valence-corrected chi connectivity index (χ3v) is 2.75. The third-order valence-electron chi connectivity index (χ3n) is 2.75. The molecular weight excluding hydrogens is 242 g/mol. The molecule has 0 spiro atoms. The van der Waals surface area contributed by atoms with E-state index in [1.165, 1.54) is 0 Å². The molecule has 19 heavy (non-hydrogen) atoms. The number of nitrogens with two attached hydrogens (primary N) is 1. The van der Waals surface area contributed by atoms with Gasteiger partial charge in [-0.1, -0.05) is 13.8 Å². The van der Waals surface area contributed by atoms with Crippen molar-refractivity contribution in [2.75, 3.05) is 30.5 Å². The van der Waals surface area contributed by atoms with Crippen molar-refractivity contribution < 1.29 is 4.74 Å². The normalized spacial score (nSPS) is 10.5. The van der Waals surface area contributed by atoms with Gasteiger partial charge in [0.05, 0.1) is 0 Å². The Morgan fingerprint density at radius 2 is 1.89 bits per heavy atom. The smallest absolute Gasteiger partial charge is 0.148 e. The summed E-state index contributed by atoms with van der Waals surface area (Å²) in [6.07, 6.45) is 2.80. The second kappa shape index (κ2) is 8.66. The molecule has 0 aliphatic carbocycles. The molecule has 0 aliphatic heterocycles. The summed E-state index contributed by atoms with van der Waals surface area (Å²) in [7, 11) is 0. The fourth-order valence-corrected chi connectivity index (χ4v) is 1.66. The van der Waals surface area contributed by atoms with E-state index in [1.807, 2.05) is 13.8 Å². The minimum absolute atomic E-state index is 0.677. The Kier molecular flexibility index (Phi) is 7.14. The molecule has 1 aromatic rings. The standard InChI is InChI=1S/C13H25N5O/c1-4-8-19-9-6-7-15-12-10(3)13(18-14)17-11(5-2)16-12/h4-9,14H2,1-3H3,(H2,15,16,17,18). The van der Waals surface area contributed by atoms with E-state index in [0.717, 1.165) is 56.2 Å². The zero-order valence-electron chi connectivity index (χ0n) is 12.1. The number of nitrogen functional groups attached to an aromatic ring is 1. The first kappa shape index (κ1) is 15.7. The Morgan fingerprint density at radius 1 is 1.16 bits per heavy atom. The number of ether oxygens (including phenoxy) is 1. The summed E-state index contributed by atoms with van der Waals surface area (Å²) in [6.45, 7) is 8.50. The Balaban J connectivity index is 2.52. The summed E-state index contributed by atoms with van der Waals surface area (Å²) in [5.74, 6) is 7.77. The summed E-state index contributed by atoms with van der Waals surface area (Å²) in [6, 6.07) is 0. The number of nitrogens with zero attached hydrogens (tertiary/aromatic N) is 2. The van der Waals surface area contributed by atoms with E-state index in [9.17, 15) is 0 Å². The average molecular weight is 267 g/mol. The van der Waals surface area contributed by atoms with Crippen molar-refractivity contribution in [3.63, 3.8) is 0 Å². The maximum atomic E-state index is 5.46. The van der Waals surface area contributed by atoms with E-state index in [2.05, 4.69) is 27.6 Å². The number of nitrogens with one attached hydrogen (secondary N) is 2. The van der Waals surface area contributed by atoms with E-state index < -0.39 is 0 Å². The maximum absolute atomic E-state index is 5.46. The fraction of sp³-hybridized carbons (Fsp3) is 0.692. The second-order valence-corrected chi connectivity index (χ2v) is 4.35. The highest BCUT2D eigenvalue weighted by Crippen LogP contribution is 2.19. The molecule has 0 aromatic carbocycles. The van der Waals surface area contributed by atoms with Gasteiger partial charge in [0.2, 0.25) is 0 Å². The molecule has 0 bridgehead atoms. The Labute approximate surface area is 115 Å². The van der Waals surface area contributed by atoms with Crippen LogP contribution >= 0.6 is 0 Å². The molecular formula is C13H25N5O. The molecule has 1 heterocycles. The van der Waals surface area contributed by atoms with Crippen molar-refractivity contribution in [2.45, 2.75) is 40.0 Å². The largest absolute Gasteiger partial charge is 0.381 e. The molecule has 6 nitrogen and oxygen atoms in total. The van der Waals surface area contributed by atoms with Gasteiger partial charge in [-0.25, -0.2) is 15.8 Å². The molecule has 0 atom stereocenters. The second-order valence-electron chi connectivity index (χ2n) is 4.35. The lowest BCUT2D eigenvalue weighted by Crippen LogP contribution is -2.15. The minimum Gasteiger partial charge on any atom is -0.381 e. The third kappa shape index (κ3) is 5.00. The van der Waals surface area contributed by atoms with Crippen molar-refractivity contribution in [1.82, 2.24) is 9.97 Å². The molecule has 0 fully saturated rings. The van der Waals surface area contributed by atoms with Gasteiger partial charge in [0.25, 0.3) is 0 Å². The van der Waals surface area contributed by atoms with Crippen LogP contribution in [0.1, 0.15) is 38.1 Å². The maximum Gasteiger partial charge on any atom is 0.148 e. The number of rotatable bonds is 9.